The molecule has 2 rings (SSSR count). The van der Waals surface area contributed by atoms with Crippen molar-refractivity contribution < 1.29 is 4.79 Å². The van der Waals surface area contributed by atoms with Crippen LogP contribution in [0, 0.1) is 0 Å². The smallest absolute Gasteiger partial charge is 0.237 e. The van der Waals surface area contributed by atoms with Crippen molar-refractivity contribution in [1.29, 1.82) is 0 Å². The normalized spacial score (nSPS) is 24.6. The van der Waals surface area contributed by atoms with Gasteiger partial charge in [-0.15, -0.1) is 0 Å². The van der Waals surface area contributed by atoms with Crippen LogP contribution in [0.4, 0.5) is 5.82 Å². The van der Waals surface area contributed by atoms with Crippen molar-refractivity contribution in [3.63, 3.8) is 0 Å². The third kappa shape index (κ3) is 3.25. The fraction of sp³-hybridized carbons (Fsp3) is 0.643. The molecule has 0 unspecified atom stereocenters. The molecule has 1 aliphatic heterocycles. The summed E-state index contributed by atoms with van der Waals surface area (Å²) in [7, 11) is 0. The highest BCUT2D eigenvalue weighted by Gasteiger charge is 2.34. The molecule has 1 fully saturated rings. The summed E-state index contributed by atoms with van der Waals surface area (Å²) in [6, 6.07) is 2.40. The van der Waals surface area contributed by atoms with Gasteiger partial charge >= 0.3 is 0 Å². The summed E-state index contributed by atoms with van der Waals surface area (Å²) < 4.78 is 0. The second kappa shape index (κ2) is 6.17. The average molecular weight is 277 g/mol. The van der Waals surface area contributed by atoms with E-state index < -0.39 is 0 Å². The van der Waals surface area contributed by atoms with Gasteiger partial charge in [-0.3, -0.25) is 9.69 Å². The van der Waals surface area contributed by atoms with E-state index in [0.29, 0.717) is 30.3 Å². The molecule has 6 nitrogen and oxygen atoms in total. The van der Waals surface area contributed by atoms with E-state index in [1.54, 1.807) is 12.3 Å². The zero-order chi connectivity index (χ0) is 14.7. The van der Waals surface area contributed by atoms with Crippen molar-refractivity contribution >= 4 is 11.7 Å². The van der Waals surface area contributed by atoms with Gasteiger partial charge in [0.15, 0.2) is 0 Å². The first kappa shape index (κ1) is 14.7. The molecule has 20 heavy (non-hydrogen) atoms. The molecular weight excluding hydrogens is 254 g/mol. The average Bonchev–Trinajstić information content (AvgIpc) is 2.75. The van der Waals surface area contributed by atoms with Gasteiger partial charge < -0.3 is 11.1 Å². The summed E-state index contributed by atoms with van der Waals surface area (Å²) in [4.78, 5) is 22.7. The number of anilines is 1. The van der Waals surface area contributed by atoms with Gasteiger partial charge in [-0.25, -0.2) is 9.97 Å². The number of likely N-dealkylation sites (tertiary alicyclic amines) is 1. The Hall–Kier alpha value is -1.69. The van der Waals surface area contributed by atoms with Crippen LogP contribution in [-0.4, -0.2) is 38.9 Å². The number of nitrogens with two attached hydrogens (primary N) is 1. The lowest BCUT2D eigenvalue weighted by atomic mass is 10.2. The highest BCUT2D eigenvalue weighted by Crippen LogP contribution is 2.25. The van der Waals surface area contributed by atoms with Crippen LogP contribution in [0.1, 0.15) is 39.4 Å². The minimum atomic E-state index is -0.136. The van der Waals surface area contributed by atoms with Gasteiger partial charge in [0.25, 0.3) is 0 Å². The maximum Gasteiger partial charge on any atom is 0.237 e. The first-order valence-electron chi connectivity index (χ1n) is 7.11. The Labute approximate surface area is 119 Å². The van der Waals surface area contributed by atoms with Crippen LogP contribution in [0.3, 0.4) is 0 Å². The molecule has 1 saturated heterocycles. The van der Waals surface area contributed by atoms with E-state index in [1.165, 1.54) is 0 Å². The summed E-state index contributed by atoms with van der Waals surface area (Å²) in [6.45, 7) is 6.61. The van der Waals surface area contributed by atoms with Gasteiger partial charge in [0.2, 0.25) is 5.91 Å². The first-order chi connectivity index (χ1) is 9.49. The van der Waals surface area contributed by atoms with Crippen molar-refractivity contribution in [2.45, 2.75) is 58.3 Å². The van der Waals surface area contributed by atoms with E-state index in [0.717, 1.165) is 12.8 Å². The van der Waals surface area contributed by atoms with E-state index in [1.807, 2.05) is 6.92 Å². The third-order valence-corrected chi connectivity index (χ3v) is 3.99. The van der Waals surface area contributed by atoms with Crippen LogP contribution in [0.2, 0.25) is 0 Å². The fourth-order valence-electron chi connectivity index (χ4n) is 2.93. The molecule has 6 heteroatoms. The zero-order valence-corrected chi connectivity index (χ0v) is 12.3. The van der Waals surface area contributed by atoms with Crippen molar-refractivity contribution in [1.82, 2.24) is 20.2 Å². The number of rotatable bonds is 4. The summed E-state index contributed by atoms with van der Waals surface area (Å²) >= 11 is 0. The number of amides is 1. The van der Waals surface area contributed by atoms with Gasteiger partial charge in [-0.1, -0.05) is 0 Å². The zero-order valence-electron chi connectivity index (χ0n) is 12.3. The Morgan fingerprint density at radius 2 is 2.15 bits per heavy atom. The minimum absolute atomic E-state index is 0.0108. The number of carbonyl (C=O) groups is 1. The van der Waals surface area contributed by atoms with Gasteiger partial charge in [0.1, 0.15) is 11.6 Å². The monoisotopic (exact) mass is 277 g/mol. The SMILES string of the molecule is C[C@@H]1CC[C@H](C)N1[C@@H](C)C(=O)NCc1nccc(N)n1. The van der Waals surface area contributed by atoms with Crippen molar-refractivity contribution in [2.75, 3.05) is 5.73 Å². The minimum Gasteiger partial charge on any atom is -0.384 e. The Bertz CT molecular complexity index is 468. The molecule has 3 atom stereocenters. The number of hydrogen-bond acceptors (Lipinski definition) is 5. The molecule has 110 valence electrons. The molecule has 0 bridgehead atoms. The predicted octanol–water partition coefficient (Wildman–Crippen LogP) is 0.936. The van der Waals surface area contributed by atoms with Crippen molar-refractivity contribution in [2.24, 2.45) is 0 Å². The number of aromatic nitrogens is 2. The molecule has 1 aliphatic rings. The number of carbonyl (C=O) groups excluding carboxylic acids is 1. The molecule has 3 N–H and O–H groups in total. The quantitative estimate of drug-likeness (QED) is 0.855. The lowest BCUT2D eigenvalue weighted by Gasteiger charge is -2.31. The van der Waals surface area contributed by atoms with E-state index in [4.69, 9.17) is 5.73 Å². The highest BCUT2D eigenvalue weighted by atomic mass is 16.2. The largest absolute Gasteiger partial charge is 0.384 e. The Morgan fingerprint density at radius 1 is 1.50 bits per heavy atom. The van der Waals surface area contributed by atoms with Crippen LogP contribution >= 0.6 is 0 Å². The molecule has 1 aromatic rings. The van der Waals surface area contributed by atoms with Crippen molar-refractivity contribution in [3.05, 3.63) is 18.1 Å². The third-order valence-electron chi connectivity index (χ3n) is 3.99. The van der Waals surface area contributed by atoms with Gasteiger partial charge in [0, 0.05) is 18.3 Å². The van der Waals surface area contributed by atoms with Crippen LogP contribution in [0.25, 0.3) is 0 Å². The number of hydrogen-bond donors (Lipinski definition) is 2. The van der Waals surface area contributed by atoms with E-state index in [-0.39, 0.29) is 11.9 Å². The van der Waals surface area contributed by atoms with Crippen LogP contribution in [0.5, 0.6) is 0 Å². The second-order valence-corrected chi connectivity index (χ2v) is 5.51. The molecule has 0 spiro atoms. The van der Waals surface area contributed by atoms with Crippen molar-refractivity contribution in [3.8, 4) is 0 Å². The maximum atomic E-state index is 12.2. The predicted molar refractivity (Wildman–Crippen MR) is 77.8 cm³/mol. The second-order valence-electron chi connectivity index (χ2n) is 5.51. The molecule has 1 amide bonds. The summed E-state index contributed by atoms with van der Waals surface area (Å²) in [5.41, 5.74) is 5.59. The molecule has 2 heterocycles. The molecule has 1 aromatic heterocycles. The molecule has 0 saturated carbocycles. The van der Waals surface area contributed by atoms with Crippen LogP contribution in [0.15, 0.2) is 12.3 Å². The topological polar surface area (TPSA) is 84.1 Å². The fourth-order valence-corrected chi connectivity index (χ4v) is 2.93. The molecule has 0 aliphatic carbocycles. The Balaban J connectivity index is 1.91. The standard InChI is InChI=1S/C14H23N5O/c1-9-4-5-10(2)19(9)11(3)14(20)17-8-13-16-7-6-12(15)18-13/h6-7,9-11H,4-5,8H2,1-3H3,(H,17,20)(H2,15,16,18)/t9-,10+,11-/m0/s1. The number of nitrogens with zero attached hydrogens (tertiary/aromatic N) is 3. The Kier molecular flexibility index (Phi) is 4.54. The summed E-state index contributed by atoms with van der Waals surface area (Å²) in [5, 5.41) is 2.88. The Morgan fingerprint density at radius 3 is 2.75 bits per heavy atom. The van der Waals surface area contributed by atoms with E-state index in [2.05, 4.69) is 34.0 Å². The highest BCUT2D eigenvalue weighted by molar-refractivity contribution is 5.81. The van der Waals surface area contributed by atoms with Gasteiger partial charge in [-0.2, -0.15) is 0 Å². The maximum absolute atomic E-state index is 12.2. The van der Waals surface area contributed by atoms with E-state index in [9.17, 15) is 4.79 Å². The van der Waals surface area contributed by atoms with Crippen LogP contribution in [-0.2, 0) is 11.3 Å². The number of nitrogens with one attached hydrogen (secondary N) is 1. The summed E-state index contributed by atoms with van der Waals surface area (Å²) in [5.74, 6) is 0.962. The molecule has 0 aromatic carbocycles. The number of nitrogen functional groups attached to an aromatic ring is 1. The molecular formula is C14H23N5O. The summed E-state index contributed by atoms with van der Waals surface area (Å²) in [6.07, 6.45) is 3.89. The molecule has 0 radical (unpaired) electrons. The lowest BCUT2D eigenvalue weighted by molar-refractivity contribution is -0.127. The lowest BCUT2D eigenvalue weighted by Crippen LogP contribution is -2.49. The van der Waals surface area contributed by atoms with Gasteiger partial charge in [-0.05, 0) is 39.7 Å². The first-order valence-corrected chi connectivity index (χ1v) is 7.11. The van der Waals surface area contributed by atoms with Gasteiger partial charge in [0.05, 0.1) is 12.6 Å². The van der Waals surface area contributed by atoms with E-state index >= 15 is 0 Å². The van der Waals surface area contributed by atoms with Crippen LogP contribution < -0.4 is 11.1 Å².